The Morgan fingerprint density at radius 1 is 1.44 bits per heavy atom. The minimum Gasteiger partial charge on any atom is -0.313 e. The molecule has 0 aromatic rings. The minimum absolute atomic E-state index is 0.725. The first-order valence-corrected chi connectivity index (χ1v) is 3.65. The number of amides is 2. The van der Waals surface area contributed by atoms with Crippen LogP contribution in [0.25, 0.3) is 0 Å². The molecule has 1 aliphatic heterocycles. The van der Waals surface area contributed by atoms with Crippen molar-refractivity contribution in [3.63, 3.8) is 0 Å². The summed E-state index contributed by atoms with van der Waals surface area (Å²) < 4.78 is 22.5. The second-order valence-corrected chi connectivity index (χ2v) is 2.99. The van der Waals surface area contributed by atoms with Gasteiger partial charge in [-0.15, -0.1) is 0 Å². The third-order valence-electron chi connectivity index (χ3n) is 0.697. The Morgan fingerprint density at radius 3 is 2.44 bits per heavy atom. The van der Waals surface area contributed by atoms with E-state index >= 15 is 0 Å². The number of sulfonamides is 1. The van der Waals surface area contributed by atoms with Gasteiger partial charge in [0.2, 0.25) is 0 Å². The average molecular weight is 148 g/mol. The highest BCUT2D eigenvalue weighted by atomic mass is 32.2. The molecule has 1 aliphatic rings. The summed E-state index contributed by atoms with van der Waals surface area (Å²) in [6.07, 6.45) is 1.06. The quantitative estimate of drug-likeness (QED) is 0.467. The lowest BCUT2D eigenvalue weighted by atomic mass is 10.9. The number of hydrogen-bond acceptors (Lipinski definition) is 3. The number of carbonyl (C=O) groups excluding carboxylic acids is 1. The lowest BCUT2D eigenvalue weighted by Crippen LogP contribution is -2.39. The van der Waals surface area contributed by atoms with Crippen LogP contribution in [0, 0.1) is 0 Å². The van der Waals surface area contributed by atoms with Gasteiger partial charge in [-0.1, -0.05) is 0 Å². The number of hydrogen-bond donors (Lipinski definition) is 2. The van der Waals surface area contributed by atoms with E-state index in [1.165, 1.54) is 0 Å². The van der Waals surface area contributed by atoms with E-state index in [9.17, 15) is 13.2 Å². The van der Waals surface area contributed by atoms with E-state index in [0.717, 1.165) is 11.6 Å². The summed E-state index contributed by atoms with van der Waals surface area (Å²) in [5.74, 6) is 0. The smallest absolute Gasteiger partial charge is 0.313 e. The molecule has 0 aromatic carbocycles. The Hall–Kier alpha value is -1.04. The Labute approximate surface area is 51.8 Å². The number of nitrogens with one attached hydrogen (secondary N) is 2. The van der Waals surface area contributed by atoms with E-state index in [1.54, 1.807) is 4.72 Å². The number of urea groups is 1. The molecule has 0 unspecified atom stereocenters. The van der Waals surface area contributed by atoms with Gasteiger partial charge in [-0.2, -0.15) is 0 Å². The molecule has 50 valence electrons. The van der Waals surface area contributed by atoms with Crippen molar-refractivity contribution in [1.29, 1.82) is 0 Å². The largest absolute Gasteiger partial charge is 0.332 e. The van der Waals surface area contributed by atoms with Gasteiger partial charge in [0.15, 0.2) is 0 Å². The van der Waals surface area contributed by atoms with Crippen LogP contribution in [0.1, 0.15) is 0 Å². The fraction of sp³-hybridized carbons (Fsp3) is 0. The van der Waals surface area contributed by atoms with Crippen molar-refractivity contribution in [2.45, 2.75) is 0 Å². The average Bonchev–Trinajstić information content (AvgIpc) is 1.60. The second-order valence-electron chi connectivity index (χ2n) is 1.42. The Kier molecular flexibility index (Phi) is 1.17. The monoisotopic (exact) mass is 148 g/mol. The summed E-state index contributed by atoms with van der Waals surface area (Å²) in [7, 11) is -3.47. The van der Waals surface area contributed by atoms with Crippen LogP contribution in [0.15, 0.2) is 11.6 Å². The molecule has 1 rings (SSSR count). The summed E-state index contributed by atoms with van der Waals surface area (Å²) in [6, 6.07) is -0.725. The zero-order chi connectivity index (χ0) is 6.91. The van der Waals surface area contributed by atoms with Crippen molar-refractivity contribution in [3.8, 4) is 0 Å². The predicted octanol–water partition coefficient (Wildman–Crippen LogP) is -0.900. The SMILES string of the molecule is O=C1NC=CS(=O)(=O)N1. The first-order valence-electron chi connectivity index (χ1n) is 2.10. The number of carbonyl (C=O) groups is 1. The van der Waals surface area contributed by atoms with Gasteiger partial charge >= 0.3 is 6.03 Å². The molecule has 0 atom stereocenters. The highest BCUT2D eigenvalue weighted by molar-refractivity contribution is 7.93. The second kappa shape index (κ2) is 1.73. The van der Waals surface area contributed by atoms with Crippen molar-refractivity contribution in [1.82, 2.24) is 10.0 Å². The molecular formula is C3H4N2O3S. The van der Waals surface area contributed by atoms with Gasteiger partial charge in [-0.3, -0.25) is 0 Å². The molecule has 0 radical (unpaired) electrons. The molecule has 2 amide bonds. The Balaban J connectivity index is 2.97. The van der Waals surface area contributed by atoms with E-state index in [1.807, 2.05) is 0 Å². The van der Waals surface area contributed by atoms with Gasteiger partial charge in [0.05, 0.1) is 5.41 Å². The van der Waals surface area contributed by atoms with Crippen LogP contribution in [0.4, 0.5) is 4.79 Å². The van der Waals surface area contributed by atoms with Crippen LogP contribution in [0.5, 0.6) is 0 Å². The van der Waals surface area contributed by atoms with E-state index in [2.05, 4.69) is 5.32 Å². The highest BCUT2D eigenvalue weighted by Crippen LogP contribution is 1.89. The minimum atomic E-state index is -3.47. The van der Waals surface area contributed by atoms with Gasteiger partial charge < -0.3 is 5.32 Å². The predicted molar refractivity (Wildman–Crippen MR) is 29.7 cm³/mol. The maximum absolute atomic E-state index is 10.4. The van der Waals surface area contributed by atoms with Gasteiger partial charge in [0.1, 0.15) is 0 Å². The van der Waals surface area contributed by atoms with Crippen LogP contribution in [-0.4, -0.2) is 14.4 Å². The van der Waals surface area contributed by atoms with Crippen LogP contribution < -0.4 is 10.0 Å². The van der Waals surface area contributed by atoms with Gasteiger partial charge in [-0.05, 0) is 0 Å². The third-order valence-corrected chi connectivity index (χ3v) is 1.66. The summed E-state index contributed by atoms with van der Waals surface area (Å²) in [5.41, 5.74) is 0. The zero-order valence-corrected chi connectivity index (χ0v) is 5.10. The molecule has 1 heterocycles. The molecule has 6 heteroatoms. The molecule has 5 nitrogen and oxygen atoms in total. The van der Waals surface area contributed by atoms with Gasteiger partial charge in [0.25, 0.3) is 10.0 Å². The van der Waals surface area contributed by atoms with Crippen LogP contribution in [0.2, 0.25) is 0 Å². The molecule has 0 aromatic heterocycles. The molecule has 0 aliphatic carbocycles. The van der Waals surface area contributed by atoms with Crippen LogP contribution >= 0.6 is 0 Å². The summed E-state index contributed by atoms with van der Waals surface area (Å²) >= 11 is 0. The summed E-state index contributed by atoms with van der Waals surface area (Å²) in [4.78, 5) is 10.2. The third kappa shape index (κ3) is 1.43. The topological polar surface area (TPSA) is 75.3 Å². The molecule has 0 saturated carbocycles. The molecule has 0 saturated heterocycles. The fourth-order valence-corrected chi connectivity index (χ4v) is 1.02. The lowest BCUT2D eigenvalue weighted by Gasteiger charge is -2.05. The van der Waals surface area contributed by atoms with Gasteiger partial charge in [0, 0.05) is 6.20 Å². The molecular weight excluding hydrogens is 144 g/mol. The van der Waals surface area contributed by atoms with Crippen LogP contribution in [-0.2, 0) is 10.0 Å². The van der Waals surface area contributed by atoms with E-state index in [4.69, 9.17) is 0 Å². The normalized spacial score (nSPS) is 22.4. The molecule has 0 bridgehead atoms. The standard InChI is InChI=1S/C3H4N2O3S/c6-3-4-1-2-9(7,8)5-3/h1-2H,(H2,4,5,6). The Morgan fingerprint density at radius 2 is 2.11 bits per heavy atom. The van der Waals surface area contributed by atoms with Crippen molar-refractivity contribution in [2.24, 2.45) is 0 Å². The maximum Gasteiger partial charge on any atom is 0.332 e. The fourth-order valence-electron chi connectivity index (χ4n) is 0.392. The molecule has 0 fully saturated rings. The van der Waals surface area contributed by atoms with Crippen molar-refractivity contribution >= 4 is 16.1 Å². The number of rotatable bonds is 0. The molecule has 0 spiro atoms. The Bertz CT molecular complexity index is 252. The lowest BCUT2D eigenvalue weighted by molar-refractivity contribution is 0.248. The zero-order valence-electron chi connectivity index (χ0n) is 4.29. The first-order chi connectivity index (χ1) is 4.10. The van der Waals surface area contributed by atoms with E-state index < -0.39 is 16.1 Å². The summed E-state index contributed by atoms with van der Waals surface area (Å²) in [5, 5.41) is 3.00. The van der Waals surface area contributed by atoms with E-state index in [0.29, 0.717) is 0 Å². The van der Waals surface area contributed by atoms with Crippen molar-refractivity contribution < 1.29 is 13.2 Å². The molecule has 9 heavy (non-hydrogen) atoms. The van der Waals surface area contributed by atoms with Crippen molar-refractivity contribution in [3.05, 3.63) is 11.6 Å². The summed E-state index contributed by atoms with van der Waals surface area (Å²) in [6.45, 7) is 0. The van der Waals surface area contributed by atoms with E-state index in [-0.39, 0.29) is 0 Å². The highest BCUT2D eigenvalue weighted by Gasteiger charge is 2.13. The maximum atomic E-state index is 10.4. The van der Waals surface area contributed by atoms with Crippen LogP contribution in [0.3, 0.4) is 0 Å². The molecule has 2 N–H and O–H groups in total. The van der Waals surface area contributed by atoms with Gasteiger partial charge in [-0.25, -0.2) is 17.9 Å². The van der Waals surface area contributed by atoms with Crippen molar-refractivity contribution in [2.75, 3.05) is 0 Å². The first kappa shape index (κ1) is 6.09.